The molecule has 2 unspecified atom stereocenters. The molecule has 0 aliphatic carbocycles. The van der Waals surface area contributed by atoms with Crippen LogP contribution in [0, 0.1) is 11.8 Å². The van der Waals surface area contributed by atoms with Gasteiger partial charge in [-0.15, -0.1) is 0 Å². The van der Waals surface area contributed by atoms with Gasteiger partial charge < -0.3 is 5.11 Å². The van der Waals surface area contributed by atoms with E-state index < -0.39 is 5.92 Å². The Hall–Kier alpha value is -0.700. The van der Waals surface area contributed by atoms with Crippen LogP contribution in [-0.4, -0.2) is 24.3 Å². The Kier molecular flexibility index (Phi) is 4.76. The van der Waals surface area contributed by atoms with Crippen molar-refractivity contribution in [1.82, 2.24) is 0 Å². The predicted molar refractivity (Wildman–Crippen MR) is 35.7 cm³/mol. The summed E-state index contributed by atoms with van der Waals surface area (Å²) in [5.74, 6) is -0.693. The third-order valence-electron chi connectivity index (χ3n) is 1.44. The van der Waals surface area contributed by atoms with Crippen molar-refractivity contribution in [2.45, 2.75) is 13.3 Å². The van der Waals surface area contributed by atoms with Gasteiger partial charge in [-0.25, -0.2) is 0 Å². The Balaban J connectivity index is 3.74. The molecule has 0 aliphatic heterocycles. The topological polar surface area (TPSA) is 54.4 Å². The van der Waals surface area contributed by atoms with Crippen LogP contribution in [-0.2, 0) is 9.59 Å². The van der Waals surface area contributed by atoms with Gasteiger partial charge in [0.1, 0.15) is 0 Å². The van der Waals surface area contributed by atoms with E-state index in [0.717, 1.165) is 0 Å². The maximum atomic E-state index is 10.0. The van der Waals surface area contributed by atoms with Gasteiger partial charge in [-0.3, -0.25) is 9.59 Å². The van der Waals surface area contributed by atoms with Crippen LogP contribution in [0.2, 0.25) is 0 Å². The lowest BCUT2D eigenvalue weighted by Crippen LogP contribution is -2.17. The van der Waals surface area contributed by atoms with E-state index in [9.17, 15) is 9.59 Å². The molecule has 3 nitrogen and oxygen atoms in total. The second kappa shape index (κ2) is 5.11. The lowest BCUT2D eigenvalue weighted by Gasteiger charge is -2.10. The van der Waals surface area contributed by atoms with Crippen molar-refractivity contribution >= 4 is 12.6 Å². The third kappa shape index (κ3) is 2.73. The molecule has 56 valence electrons. The average molecular weight is 142 g/mol. The summed E-state index contributed by atoms with van der Waals surface area (Å²) in [5.41, 5.74) is 0. The van der Waals surface area contributed by atoms with Crippen molar-refractivity contribution in [3.8, 4) is 0 Å². The standard InChI is InChI=1S/C7H10O3/c1-6(2-3-8)7(4-9)5-10/h6-7,9H,2,4H2,1H3. The molecule has 0 aromatic heterocycles. The van der Waals surface area contributed by atoms with Gasteiger partial charge in [-0.1, -0.05) is 6.92 Å². The summed E-state index contributed by atoms with van der Waals surface area (Å²) in [6, 6.07) is 0. The summed E-state index contributed by atoms with van der Waals surface area (Å²) in [7, 11) is 0. The van der Waals surface area contributed by atoms with Crippen LogP contribution in [0.15, 0.2) is 0 Å². The van der Waals surface area contributed by atoms with E-state index in [0.29, 0.717) is 0 Å². The van der Waals surface area contributed by atoms with E-state index in [4.69, 9.17) is 5.11 Å². The molecule has 0 rings (SSSR count). The predicted octanol–water partition coefficient (Wildman–Crippen LogP) is -0.160. The number of hydrogen-bond acceptors (Lipinski definition) is 3. The molecular weight excluding hydrogens is 132 g/mol. The van der Waals surface area contributed by atoms with Crippen LogP contribution in [0.3, 0.4) is 0 Å². The summed E-state index contributed by atoms with van der Waals surface area (Å²) in [6.45, 7) is 1.46. The summed E-state index contributed by atoms with van der Waals surface area (Å²) in [6.07, 6.45) is 3.51. The minimum atomic E-state index is -0.540. The SMILES string of the molecule is CC(C[C]=O)C([C]=O)CO. The van der Waals surface area contributed by atoms with Crippen molar-refractivity contribution in [2.24, 2.45) is 11.8 Å². The highest BCUT2D eigenvalue weighted by Gasteiger charge is 2.15. The van der Waals surface area contributed by atoms with E-state index in [1.54, 1.807) is 19.5 Å². The molecule has 0 heterocycles. The first-order valence-corrected chi connectivity index (χ1v) is 3.09. The van der Waals surface area contributed by atoms with Crippen molar-refractivity contribution in [3.63, 3.8) is 0 Å². The van der Waals surface area contributed by atoms with E-state index in [1.807, 2.05) is 0 Å². The highest BCUT2D eigenvalue weighted by Crippen LogP contribution is 2.10. The molecule has 1 N–H and O–H groups in total. The Labute approximate surface area is 60.0 Å². The van der Waals surface area contributed by atoms with Gasteiger partial charge in [0.05, 0.1) is 12.5 Å². The molecule has 0 aliphatic rings. The first-order chi connectivity index (χ1) is 4.76. The number of hydrogen-bond donors (Lipinski definition) is 1. The van der Waals surface area contributed by atoms with Gasteiger partial charge in [0.25, 0.3) is 0 Å². The molecule has 0 bridgehead atoms. The van der Waals surface area contributed by atoms with Gasteiger partial charge in [0.2, 0.25) is 6.29 Å². The minimum absolute atomic E-state index is 0.153. The van der Waals surface area contributed by atoms with Crippen LogP contribution in [0.1, 0.15) is 13.3 Å². The smallest absolute Gasteiger partial charge is 0.204 e. The molecule has 0 amide bonds. The normalized spacial score (nSPS) is 15.8. The fourth-order valence-electron chi connectivity index (χ4n) is 0.607. The molecule has 0 saturated carbocycles. The van der Waals surface area contributed by atoms with Gasteiger partial charge >= 0.3 is 0 Å². The zero-order valence-electron chi connectivity index (χ0n) is 5.83. The highest BCUT2D eigenvalue weighted by molar-refractivity contribution is 5.57. The molecule has 10 heavy (non-hydrogen) atoms. The van der Waals surface area contributed by atoms with Crippen molar-refractivity contribution < 1.29 is 14.7 Å². The molecule has 3 heteroatoms. The molecular formula is C7H10O3. The molecule has 2 radical (unpaired) electrons. The van der Waals surface area contributed by atoms with E-state index in [1.165, 1.54) is 0 Å². The molecule has 0 aromatic rings. The van der Waals surface area contributed by atoms with Crippen LogP contribution in [0.25, 0.3) is 0 Å². The van der Waals surface area contributed by atoms with Crippen LogP contribution >= 0.6 is 0 Å². The monoisotopic (exact) mass is 142 g/mol. The molecule has 2 atom stereocenters. The molecule has 0 saturated heterocycles. The van der Waals surface area contributed by atoms with Crippen LogP contribution < -0.4 is 0 Å². The fraction of sp³-hybridized carbons (Fsp3) is 0.714. The quantitative estimate of drug-likeness (QED) is 0.580. The van der Waals surface area contributed by atoms with E-state index in [-0.39, 0.29) is 18.9 Å². The summed E-state index contributed by atoms with van der Waals surface area (Å²) in [4.78, 5) is 19.9. The zero-order valence-corrected chi connectivity index (χ0v) is 5.83. The Morgan fingerprint density at radius 3 is 2.40 bits per heavy atom. The fourth-order valence-corrected chi connectivity index (χ4v) is 0.607. The van der Waals surface area contributed by atoms with Crippen LogP contribution in [0.5, 0.6) is 0 Å². The zero-order chi connectivity index (χ0) is 7.98. The van der Waals surface area contributed by atoms with Crippen molar-refractivity contribution in [2.75, 3.05) is 6.61 Å². The Morgan fingerprint density at radius 2 is 2.10 bits per heavy atom. The number of aliphatic hydroxyl groups is 1. The number of carbonyl (C=O) groups excluding carboxylic acids is 2. The van der Waals surface area contributed by atoms with Gasteiger partial charge in [0.15, 0.2) is 6.29 Å². The second-order valence-electron chi connectivity index (χ2n) is 2.23. The molecule has 0 aromatic carbocycles. The number of rotatable bonds is 5. The van der Waals surface area contributed by atoms with Gasteiger partial charge in [0, 0.05) is 6.42 Å². The minimum Gasteiger partial charge on any atom is -0.396 e. The number of aliphatic hydroxyl groups excluding tert-OH is 1. The highest BCUT2D eigenvalue weighted by atomic mass is 16.3. The lowest BCUT2D eigenvalue weighted by atomic mass is 9.94. The Bertz CT molecular complexity index is 111. The summed E-state index contributed by atoms with van der Waals surface area (Å²) < 4.78 is 0. The third-order valence-corrected chi connectivity index (χ3v) is 1.44. The van der Waals surface area contributed by atoms with Gasteiger partial charge in [-0.2, -0.15) is 0 Å². The van der Waals surface area contributed by atoms with Gasteiger partial charge in [-0.05, 0) is 5.92 Å². The summed E-state index contributed by atoms with van der Waals surface area (Å²) in [5, 5.41) is 8.53. The maximum absolute atomic E-state index is 10.0. The second-order valence-corrected chi connectivity index (χ2v) is 2.23. The summed E-state index contributed by atoms with van der Waals surface area (Å²) >= 11 is 0. The van der Waals surface area contributed by atoms with E-state index >= 15 is 0 Å². The first-order valence-electron chi connectivity index (χ1n) is 3.09. The van der Waals surface area contributed by atoms with Crippen molar-refractivity contribution in [1.29, 1.82) is 0 Å². The average Bonchev–Trinajstić information content (AvgIpc) is 1.91. The van der Waals surface area contributed by atoms with Crippen LogP contribution in [0.4, 0.5) is 0 Å². The lowest BCUT2D eigenvalue weighted by molar-refractivity contribution is 0.224. The molecule has 0 spiro atoms. The largest absolute Gasteiger partial charge is 0.396 e. The maximum Gasteiger partial charge on any atom is 0.204 e. The Morgan fingerprint density at radius 1 is 1.50 bits per heavy atom. The van der Waals surface area contributed by atoms with Crippen molar-refractivity contribution in [3.05, 3.63) is 0 Å². The first kappa shape index (κ1) is 9.30. The van der Waals surface area contributed by atoms with E-state index in [2.05, 4.69) is 0 Å². The molecule has 0 fully saturated rings.